The summed E-state index contributed by atoms with van der Waals surface area (Å²) >= 11 is 0. The highest BCUT2D eigenvalue weighted by molar-refractivity contribution is 5.95. The zero-order valence-electron chi connectivity index (χ0n) is 10.9. The molecule has 0 aliphatic carbocycles. The monoisotopic (exact) mass is 283 g/mol. The van der Waals surface area contributed by atoms with Gasteiger partial charge in [-0.15, -0.1) is 0 Å². The molecular weight excluding hydrogens is 270 g/mol. The molecule has 2 nitrogen and oxygen atoms in total. The highest BCUT2D eigenvalue weighted by Gasteiger charge is 2.11. The molecular formula is C17H14ClNO. The Morgan fingerprint density at radius 2 is 1.50 bits per heavy atom. The van der Waals surface area contributed by atoms with Gasteiger partial charge in [0.2, 0.25) is 12.3 Å². The second-order valence-electron chi connectivity index (χ2n) is 4.54. The molecule has 0 unspecified atom stereocenters. The van der Waals surface area contributed by atoms with E-state index in [0.29, 0.717) is 6.54 Å². The van der Waals surface area contributed by atoms with Crippen molar-refractivity contribution < 1.29 is 21.8 Å². The second kappa shape index (κ2) is 6.31. The summed E-state index contributed by atoms with van der Waals surface area (Å²) in [4.78, 5) is 12.1. The van der Waals surface area contributed by atoms with Crippen molar-refractivity contribution in [2.45, 2.75) is 6.54 Å². The van der Waals surface area contributed by atoms with Crippen LogP contribution in [0.4, 0.5) is 0 Å². The first-order valence-corrected chi connectivity index (χ1v) is 6.29. The zero-order valence-corrected chi connectivity index (χ0v) is 11.6. The third-order valence-electron chi connectivity index (χ3n) is 3.17. The van der Waals surface area contributed by atoms with Gasteiger partial charge in [-0.25, -0.2) is 0 Å². The number of ketones is 1. The summed E-state index contributed by atoms with van der Waals surface area (Å²) in [5, 5.41) is 2.33. The van der Waals surface area contributed by atoms with Crippen molar-refractivity contribution in [2.75, 3.05) is 0 Å². The molecule has 0 aliphatic heterocycles. The maximum atomic E-state index is 12.1. The number of benzene rings is 2. The van der Waals surface area contributed by atoms with Crippen molar-refractivity contribution >= 4 is 16.6 Å². The molecule has 0 atom stereocenters. The van der Waals surface area contributed by atoms with E-state index in [9.17, 15) is 4.79 Å². The van der Waals surface area contributed by atoms with Crippen LogP contribution in [0.1, 0.15) is 10.4 Å². The van der Waals surface area contributed by atoms with Gasteiger partial charge in [-0.2, -0.15) is 4.57 Å². The van der Waals surface area contributed by atoms with E-state index in [1.807, 2.05) is 65.5 Å². The van der Waals surface area contributed by atoms with E-state index in [-0.39, 0.29) is 18.2 Å². The highest BCUT2D eigenvalue weighted by Crippen LogP contribution is 2.09. The molecule has 0 spiro atoms. The van der Waals surface area contributed by atoms with Gasteiger partial charge in [-0.1, -0.05) is 48.5 Å². The molecule has 3 rings (SSSR count). The Kier molecular flexibility index (Phi) is 4.49. The smallest absolute Gasteiger partial charge is 0.227 e. The fourth-order valence-corrected chi connectivity index (χ4v) is 2.16. The van der Waals surface area contributed by atoms with E-state index in [1.165, 1.54) is 5.39 Å². The van der Waals surface area contributed by atoms with Gasteiger partial charge >= 0.3 is 0 Å². The summed E-state index contributed by atoms with van der Waals surface area (Å²) in [5.41, 5.74) is 0.753. The lowest BCUT2D eigenvalue weighted by Crippen LogP contribution is -3.00. The van der Waals surface area contributed by atoms with Crippen LogP contribution in [0.15, 0.2) is 73.1 Å². The first kappa shape index (κ1) is 14.2. The Morgan fingerprint density at radius 1 is 0.850 bits per heavy atom. The average molecular weight is 284 g/mol. The van der Waals surface area contributed by atoms with Crippen molar-refractivity contribution in [3.05, 3.63) is 78.6 Å². The minimum absolute atomic E-state index is 0. The van der Waals surface area contributed by atoms with Crippen LogP contribution in [-0.4, -0.2) is 5.78 Å². The van der Waals surface area contributed by atoms with Gasteiger partial charge in [0, 0.05) is 17.0 Å². The van der Waals surface area contributed by atoms with Gasteiger partial charge in [0.25, 0.3) is 0 Å². The van der Waals surface area contributed by atoms with Crippen LogP contribution in [0.25, 0.3) is 10.8 Å². The number of hydrogen-bond donors (Lipinski definition) is 0. The Hall–Kier alpha value is -2.19. The van der Waals surface area contributed by atoms with E-state index in [4.69, 9.17) is 0 Å². The van der Waals surface area contributed by atoms with E-state index in [1.54, 1.807) is 0 Å². The van der Waals surface area contributed by atoms with Gasteiger partial charge in [0.05, 0.1) is 0 Å². The Labute approximate surface area is 124 Å². The van der Waals surface area contributed by atoms with Crippen LogP contribution in [0.5, 0.6) is 0 Å². The van der Waals surface area contributed by atoms with Gasteiger partial charge in [-0.3, -0.25) is 4.79 Å². The molecule has 0 saturated carbocycles. The van der Waals surface area contributed by atoms with Crippen molar-refractivity contribution in [1.29, 1.82) is 0 Å². The van der Waals surface area contributed by atoms with Crippen molar-refractivity contribution in [3.63, 3.8) is 0 Å². The number of pyridine rings is 1. The lowest BCUT2D eigenvalue weighted by atomic mass is 10.1. The summed E-state index contributed by atoms with van der Waals surface area (Å²) in [5.74, 6) is 0.126. The quantitative estimate of drug-likeness (QED) is 0.490. The summed E-state index contributed by atoms with van der Waals surface area (Å²) in [6.45, 7) is 0.370. The predicted octanol–water partition coefficient (Wildman–Crippen LogP) is 0.0142. The third kappa shape index (κ3) is 3.03. The SMILES string of the molecule is O=C(C[n+]1ccc2ccccc2c1)c1ccccc1.[Cl-]. The number of rotatable bonds is 3. The zero-order chi connectivity index (χ0) is 13.1. The molecule has 0 fully saturated rings. The maximum absolute atomic E-state index is 12.1. The molecule has 1 aromatic heterocycles. The number of halogens is 1. The standard InChI is InChI=1S/C17H14NO.ClH/c19-17(15-7-2-1-3-8-15)13-18-11-10-14-6-4-5-9-16(14)12-18;/h1-12H,13H2;1H/q+1;/p-1. The fourth-order valence-electron chi connectivity index (χ4n) is 2.16. The van der Waals surface area contributed by atoms with Crippen LogP contribution >= 0.6 is 0 Å². The number of hydrogen-bond acceptors (Lipinski definition) is 1. The molecule has 0 N–H and O–H groups in total. The lowest BCUT2D eigenvalue weighted by Gasteiger charge is -1.99. The molecule has 0 aliphatic rings. The topological polar surface area (TPSA) is 20.9 Å². The van der Waals surface area contributed by atoms with Gasteiger partial charge in [0.15, 0.2) is 12.4 Å². The normalized spacial score (nSPS) is 10.0. The Bertz CT molecular complexity index is 725. The molecule has 3 aromatic rings. The van der Waals surface area contributed by atoms with E-state index < -0.39 is 0 Å². The minimum atomic E-state index is 0. The molecule has 1 heterocycles. The Morgan fingerprint density at radius 3 is 2.25 bits per heavy atom. The van der Waals surface area contributed by atoms with Gasteiger partial charge < -0.3 is 12.4 Å². The molecule has 3 heteroatoms. The molecule has 2 aromatic carbocycles. The van der Waals surface area contributed by atoms with Crippen molar-refractivity contribution in [1.82, 2.24) is 0 Å². The van der Waals surface area contributed by atoms with E-state index in [0.717, 1.165) is 10.9 Å². The van der Waals surface area contributed by atoms with Gasteiger partial charge in [0.1, 0.15) is 0 Å². The third-order valence-corrected chi connectivity index (χ3v) is 3.17. The lowest BCUT2D eigenvalue weighted by molar-refractivity contribution is -0.681. The number of carbonyl (C=O) groups is 1. The Balaban J connectivity index is 0.00000147. The van der Waals surface area contributed by atoms with Crippen LogP contribution in [-0.2, 0) is 6.54 Å². The average Bonchev–Trinajstić information content (AvgIpc) is 2.48. The summed E-state index contributed by atoms with van der Waals surface area (Å²) < 4.78 is 1.93. The number of Topliss-reactive ketones (excluding diaryl/α,β-unsaturated/α-hetero) is 1. The van der Waals surface area contributed by atoms with Gasteiger partial charge in [-0.05, 0) is 11.5 Å². The van der Waals surface area contributed by atoms with Crippen LogP contribution < -0.4 is 17.0 Å². The second-order valence-corrected chi connectivity index (χ2v) is 4.54. The molecule has 20 heavy (non-hydrogen) atoms. The summed E-state index contributed by atoms with van der Waals surface area (Å²) in [7, 11) is 0. The van der Waals surface area contributed by atoms with E-state index >= 15 is 0 Å². The molecule has 0 bridgehead atoms. The van der Waals surface area contributed by atoms with E-state index in [2.05, 4.69) is 12.1 Å². The maximum Gasteiger partial charge on any atom is 0.227 e. The minimum Gasteiger partial charge on any atom is -1.00 e. The predicted molar refractivity (Wildman–Crippen MR) is 74.9 cm³/mol. The molecule has 0 saturated heterocycles. The molecule has 0 radical (unpaired) electrons. The first-order chi connectivity index (χ1) is 9.33. The molecule has 100 valence electrons. The first-order valence-electron chi connectivity index (χ1n) is 6.29. The summed E-state index contributed by atoms with van der Waals surface area (Å²) in [6.07, 6.45) is 3.96. The number of nitrogens with zero attached hydrogens (tertiary/aromatic N) is 1. The summed E-state index contributed by atoms with van der Waals surface area (Å²) in [6, 6.07) is 19.6. The highest BCUT2D eigenvalue weighted by atomic mass is 35.5. The number of aromatic nitrogens is 1. The fraction of sp³-hybridized carbons (Fsp3) is 0.0588. The van der Waals surface area contributed by atoms with Crippen LogP contribution in [0.2, 0.25) is 0 Å². The number of carbonyl (C=O) groups excluding carboxylic acids is 1. The van der Waals surface area contributed by atoms with Crippen LogP contribution in [0, 0.1) is 0 Å². The van der Waals surface area contributed by atoms with Crippen molar-refractivity contribution in [3.8, 4) is 0 Å². The largest absolute Gasteiger partial charge is 1.00 e. The van der Waals surface area contributed by atoms with Crippen LogP contribution in [0.3, 0.4) is 0 Å². The molecule has 0 amide bonds. The number of fused-ring (bicyclic) bond motifs is 1. The van der Waals surface area contributed by atoms with Crippen molar-refractivity contribution in [2.24, 2.45) is 0 Å².